The van der Waals surface area contributed by atoms with Crippen molar-refractivity contribution in [3.8, 4) is 33.4 Å². The Hall–Kier alpha value is -6.95. The molecule has 3 aliphatic carbocycles. The number of nitrogens with zero attached hydrogens (tertiary/aromatic N) is 4. The maximum Gasteiger partial charge on any atom is 0.164 e. The standard InChI is InChI=1S/C55H40N4S/c1-3-45-50(35(2)52-57-53(37-21-9-5-10-22-37)59-54(58-52)38-23-11-6-12-24-38)60-51-44(43-28-17-27-42-39(33-34-56-49(42)43)36-19-7-4-8-20-36)29-18-32-48(51)55(45)46-30-15-13-25-40(46)41-26-14-16-31-47(41)55/h3-5,7-11,13-21,23-34,37H,1-2,6,12,22H2. The highest BCUT2D eigenvalue weighted by Gasteiger charge is 2.51. The third kappa shape index (κ3) is 5.60. The second-order valence-electron chi connectivity index (χ2n) is 15.6. The number of fused-ring (bicyclic) bond motifs is 8. The second-order valence-corrected chi connectivity index (χ2v) is 16.6. The largest absolute Gasteiger partial charge is 0.256 e. The summed E-state index contributed by atoms with van der Waals surface area (Å²) in [6.45, 7) is 9.48. The van der Waals surface area contributed by atoms with E-state index in [1.807, 2.05) is 6.20 Å². The Morgan fingerprint density at radius 1 is 0.683 bits per heavy atom. The number of pyridine rings is 1. The zero-order chi connectivity index (χ0) is 40.2. The summed E-state index contributed by atoms with van der Waals surface area (Å²) in [5.74, 6) is 2.05. The number of aromatic nitrogens is 4. The predicted molar refractivity (Wildman–Crippen MR) is 248 cm³/mol. The Morgan fingerprint density at radius 3 is 2.17 bits per heavy atom. The first-order valence-corrected chi connectivity index (χ1v) is 21.4. The fourth-order valence-corrected chi connectivity index (χ4v) is 11.0. The van der Waals surface area contributed by atoms with E-state index >= 15 is 0 Å². The SMILES string of the molecule is C=CC1=C(C(=C)c2nc(C3=CCCC=C3)nc(C3C=CC=CC3)n2)Sc2c(-c3cccc4c(-c5ccccc5)ccnc34)cccc2C12c1ccccc1-c1ccccc12. The van der Waals surface area contributed by atoms with Gasteiger partial charge in [-0.3, -0.25) is 4.98 Å². The van der Waals surface area contributed by atoms with Gasteiger partial charge in [0.2, 0.25) is 0 Å². The Balaban J connectivity index is 1.18. The molecule has 1 unspecified atom stereocenters. The summed E-state index contributed by atoms with van der Waals surface area (Å²) in [5.41, 5.74) is 13.7. The van der Waals surface area contributed by atoms with Crippen molar-refractivity contribution in [1.29, 1.82) is 0 Å². The van der Waals surface area contributed by atoms with Crippen molar-refractivity contribution in [1.82, 2.24) is 19.9 Å². The van der Waals surface area contributed by atoms with Gasteiger partial charge in [0.25, 0.3) is 0 Å². The van der Waals surface area contributed by atoms with Gasteiger partial charge >= 0.3 is 0 Å². The van der Waals surface area contributed by atoms with Gasteiger partial charge < -0.3 is 0 Å². The van der Waals surface area contributed by atoms with Gasteiger partial charge in [0.1, 0.15) is 5.82 Å². The zero-order valence-electron chi connectivity index (χ0n) is 33.1. The number of para-hydroxylation sites is 1. The number of hydrogen-bond donors (Lipinski definition) is 0. The Kier molecular flexibility index (Phi) is 8.86. The van der Waals surface area contributed by atoms with Crippen molar-refractivity contribution in [2.24, 2.45) is 0 Å². The van der Waals surface area contributed by atoms with Crippen molar-refractivity contribution in [2.45, 2.75) is 35.5 Å². The first-order valence-electron chi connectivity index (χ1n) is 20.6. The Morgan fingerprint density at radius 2 is 1.42 bits per heavy atom. The quantitative estimate of drug-likeness (QED) is 0.161. The van der Waals surface area contributed by atoms with Crippen LogP contribution in [0.4, 0.5) is 0 Å². The van der Waals surface area contributed by atoms with Gasteiger partial charge in [-0.1, -0.05) is 189 Å². The Labute approximate surface area is 354 Å². The molecule has 0 saturated heterocycles. The van der Waals surface area contributed by atoms with Gasteiger partial charge in [0.05, 0.1) is 10.9 Å². The molecule has 5 aromatic carbocycles. The minimum atomic E-state index is -0.693. The van der Waals surface area contributed by atoms with Crippen molar-refractivity contribution in [3.05, 3.63) is 234 Å². The van der Waals surface area contributed by atoms with E-state index in [0.717, 1.165) is 84.8 Å². The zero-order valence-corrected chi connectivity index (χ0v) is 33.9. The van der Waals surface area contributed by atoms with Gasteiger partial charge in [-0.15, -0.1) is 0 Å². The number of allylic oxidation sites excluding steroid dienone is 11. The fourth-order valence-electron chi connectivity index (χ4n) is 9.65. The van der Waals surface area contributed by atoms with E-state index in [1.54, 1.807) is 11.8 Å². The van der Waals surface area contributed by atoms with Crippen LogP contribution in [-0.4, -0.2) is 19.9 Å². The highest BCUT2D eigenvalue weighted by molar-refractivity contribution is 8.04. The second kappa shape index (κ2) is 14.7. The maximum absolute atomic E-state index is 5.27. The lowest BCUT2D eigenvalue weighted by Crippen LogP contribution is -2.33. The van der Waals surface area contributed by atoms with Crippen LogP contribution in [0.5, 0.6) is 0 Å². The minimum Gasteiger partial charge on any atom is -0.256 e. The third-order valence-electron chi connectivity index (χ3n) is 12.3. The summed E-state index contributed by atoms with van der Waals surface area (Å²) >= 11 is 1.74. The van der Waals surface area contributed by atoms with Crippen molar-refractivity contribution < 1.29 is 0 Å². The van der Waals surface area contributed by atoms with Crippen LogP contribution < -0.4 is 0 Å². The molecule has 1 spiro atoms. The first kappa shape index (κ1) is 36.2. The molecule has 0 saturated carbocycles. The number of benzene rings is 5. The van der Waals surface area contributed by atoms with Crippen LogP contribution in [0.25, 0.3) is 55.4 Å². The molecule has 0 radical (unpaired) electrons. The van der Waals surface area contributed by atoms with Crippen molar-refractivity contribution in [2.75, 3.05) is 0 Å². The third-order valence-corrected chi connectivity index (χ3v) is 13.7. The van der Waals surface area contributed by atoms with E-state index in [1.165, 1.54) is 27.8 Å². The van der Waals surface area contributed by atoms with Crippen LogP contribution in [0.15, 0.2) is 205 Å². The number of thioether (sulfide) groups is 1. The molecule has 1 atom stereocenters. The number of rotatable bonds is 7. The van der Waals surface area contributed by atoms with Crippen molar-refractivity contribution in [3.63, 3.8) is 0 Å². The molecule has 286 valence electrons. The molecule has 11 rings (SSSR count). The lowest BCUT2D eigenvalue weighted by atomic mass is 9.66. The summed E-state index contributed by atoms with van der Waals surface area (Å²) in [7, 11) is 0. The molecule has 0 amide bonds. The highest BCUT2D eigenvalue weighted by Crippen LogP contribution is 2.64. The molecule has 0 bridgehead atoms. The summed E-state index contributed by atoms with van der Waals surface area (Å²) in [4.78, 5) is 22.8. The van der Waals surface area contributed by atoms with Crippen LogP contribution in [0.3, 0.4) is 0 Å². The molecular formula is C55H40N4S. The topological polar surface area (TPSA) is 51.6 Å². The average Bonchev–Trinajstić information content (AvgIpc) is 3.61. The number of hydrogen-bond acceptors (Lipinski definition) is 5. The van der Waals surface area contributed by atoms with E-state index in [-0.39, 0.29) is 5.92 Å². The lowest BCUT2D eigenvalue weighted by molar-refractivity contribution is 0.740. The predicted octanol–water partition coefficient (Wildman–Crippen LogP) is 13.7. The normalized spacial score (nSPS) is 17.0. The van der Waals surface area contributed by atoms with E-state index in [9.17, 15) is 0 Å². The lowest BCUT2D eigenvalue weighted by Gasteiger charge is -2.41. The molecule has 1 aliphatic heterocycles. The van der Waals surface area contributed by atoms with Gasteiger partial charge in [-0.2, -0.15) is 0 Å². The minimum absolute atomic E-state index is 0.0372. The van der Waals surface area contributed by atoms with Gasteiger partial charge in [0, 0.05) is 44.0 Å². The van der Waals surface area contributed by atoms with Crippen LogP contribution >= 0.6 is 11.8 Å². The summed E-state index contributed by atoms with van der Waals surface area (Å²) < 4.78 is 0. The van der Waals surface area contributed by atoms with Crippen LogP contribution in [0.1, 0.15) is 59.3 Å². The molecule has 0 N–H and O–H groups in total. The van der Waals surface area contributed by atoms with E-state index in [4.69, 9.17) is 26.5 Å². The summed E-state index contributed by atoms with van der Waals surface area (Å²) in [6, 6.07) is 43.7. The van der Waals surface area contributed by atoms with E-state index in [2.05, 4.69) is 177 Å². The molecular weight excluding hydrogens is 749 g/mol. The molecule has 4 nitrogen and oxygen atoms in total. The maximum atomic E-state index is 5.27. The first-order chi connectivity index (χ1) is 29.6. The fraction of sp³-hybridized carbons (Fsp3) is 0.0909. The summed E-state index contributed by atoms with van der Waals surface area (Å²) in [6.07, 6.45) is 21.9. The van der Waals surface area contributed by atoms with E-state index < -0.39 is 5.41 Å². The average molecular weight is 789 g/mol. The summed E-state index contributed by atoms with van der Waals surface area (Å²) in [5, 5.41) is 1.11. The molecule has 3 heterocycles. The van der Waals surface area contributed by atoms with Crippen molar-refractivity contribution >= 4 is 33.8 Å². The molecule has 2 aromatic heterocycles. The molecule has 4 aliphatic rings. The smallest absolute Gasteiger partial charge is 0.164 e. The highest BCUT2D eigenvalue weighted by atomic mass is 32.2. The van der Waals surface area contributed by atoms with Crippen LogP contribution in [0, 0.1) is 0 Å². The van der Waals surface area contributed by atoms with E-state index in [0.29, 0.717) is 11.6 Å². The molecule has 7 aromatic rings. The van der Waals surface area contributed by atoms with Crippen LogP contribution in [-0.2, 0) is 5.41 Å². The molecule has 5 heteroatoms. The van der Waals surface area contributed by atoms with Gasteiger partial charge in [0.15, 0.2) is 11.6 Å². The molecule has 60 heavy (non-hydrogen) atoms. The van der Waals surface area contributed by atoms with Gasteiger partial charge in [-0.25, -0.2) is 15.0 Å². The molecule has 0 fully saturated rings. The van der Waals surface area contributed by atoms with Crippen LogP contribution in [0.2, 0.25) is 0 Å². The monoisotopic (exact) mass is 788 g/mol. The van der Waals surface area contributed by atoms with Gasteiger partial charge in [-0.05, 0) is 75.4 Å². The Bertz CT molecular complexity index is 3050.